The molecule has 0 saturated carbocycles. The Kier molecular flexibility index (Phi) is 4.99. The highest BCUT2D eigenvalue weighted by Gasteiger charge is 2.26. The predicted octanol–water partition coefficient (Wildman–Crippen LogP) is 3.49. The predicted molar refractivity (Wildman–Crippen MR) is 105 cm³/mol. The third-order valence-electron chi connectivity index (χ3n) is 4.69. The number of nitrogens with zero attached hydrogens (tertiary/aromatic N) is 2. The second-order valence-electron chi connectivity index (χ2n) is 6.37. The van der Waals surface area contributed by atoms with E-state index in [-0.39, 0.29) is 18.4 Å². The highest BCUT2D eigenvalue weighted by Crippen LogP contribution is 2.33. The third-order valence-corrected chi connectivity index (χ3v) is 6.57. The standard InChI is InChI=1S/C19H19N3O2S2/c23-17(11-20-18(24)14-7-10-25-12-14)22-8-5-13(6-9-22)19-21-15-3-1-2-4-16(15)26-19/h1-4,7,10,12-13H,5-6,8-9,11H2,(H,20,24). The number of thiophene rings is 1. The van der Waals surface area contributed by atoms with E-state index in [0.29, 0.717) is 24.6 Å². The van der Waals surface area contributed by atoms with Crippen LogP contribution in [0.1, 0.15) is 34.1 Å². The van der Waals surface area contributed by atoms with Gasteiger partial charge in [-0.3, -0.25) is 9.59 Å². The van der Waals surface area contributed by atoms with Crippen LogP contribution >= 0.6 is 22.7 Å². The molecule has 1 aliphatic heterocycles. The molecule has 0 unspecified atom stereocenters. The maximum atomic E-state index is 12.4. The molecule has 4 rings (SSSR count). The van der Waals surface area contributed by atoms with Crippen LogP contribution in [-0.4, -0.2) is 41.3 Å². The fourth-order valence-electron chi connectivity index (χ4n) is 3.20. The van der Waals surface area contributed by atoms with Gasteiger partial charge in [0.05, 0.1) is 21.8 Å². The first kappa shape index (κ1) is 17.2. The fourth-order valence-corrected chi connectivity index (χ4v) is 4.98. The maximum absolute atomic E-state index is 12.4. The molecule has 1 N–H and O–H groups in total. The molecule has 1 aromatic carbocycles. The van der Waals surface area contributed by atoms with Crippen molar-refractivity contribution in [2.45, 2.75) is 18.8 Å². The largest absolute Gasteiger partial charge is 0.343 e. The van der Waals surface area contributed by atoms with Gasteiger partial charge in [-0.05, 0) is 36.4 Å². The van der Waals surface area contributed by atoms with Gasteiger partial charge in [0.25, 0.3) is 5.91 Å². The summed E-state index contributed by atoms with van der Waals surface area (Å²) in [6, 6.07) is 9.96. The molecule has 3 heterocycles. The minimum Gasteiger partial charge on any atom is -0.343 e. The smallest absolute Gasteiger partial charge is 0.252 e. The topological polar surface area (TPSA) is 62.3 Å². The van der Waals surface area contributed by atoms with Crippen molar-refractivity contribution in [3.05, 3.63) is 51.7 Å². The number of nitrogens with one attached hydrogen (secondary N) is 1. The van der Waals surface area contributed by atoms with Gasteiger partial charge in [-0.2, -0.15) is 11.3 Å². The summed E-state index contributed by atoms with van der Waals surface area (Å²) in [5.74, 6) is 0.206. The molecule has 0 spiro atoms. The molecule has 1 fully saturated rings. The average Bonchev–Trinajstić information content (AvgIpc) is 3.35. The molecule has 0 aliphatic carbocycles. The molecule has 0 atom stereocenters. The molecule has 0 radical (unpaired) electrons. The van der Waals surface area contributed by atoms with Crippen LogP contribution in [0.3, 0.4) is 0 Å². The zero-order valence-electron chi connectivity index (χ0n) is 14.2. The maximum Gasteiger partial charge on any atom is 0.252 e. The summed E-state index contributed by atoms with van der Waals surface area (Å²) in [6.45, 7) is 1.49. The van der Waals surface area contributed by atoms with Crippen molar-refractivity contribution in [1.82, 2.24) is 15.2 Å². The zero-order valence-corrected chi connectivity index (χ0v) is 15.8. The first-order valence-electron chi connectivity index (χ1n) is 8.64. The van der Waals surface area contributed by atoms with E-state index in [1.807, 2.05) is 28.5 Å². The molecule has 134 valence electrons. The SMILES string of the molecule is O=C(NCC(=O)N1CCC(c2nc3ccccc3s2)CC1)c1ccsc1. The Balaban J connectivity index is 1.30. The number of hydrogen-bond donors (Lipinski definition) is 1. The van der Waals surface area contributed by atoms with Crippen molar-refractivity contribution < 1.29 is 9.59 Å². The van der Waals surface area contributed by atoms with E-state index in [1.165, 1.54) is 21.0 Å². The summed E-state index contributed by atoms with van der Waals surface area (Å²) in [4.78, 5) is 30.9. The fraction of sp³-hybridized carbons (Fsp3) is 0.316. The van der Waals surface area contributed by atoms with Crippen LogP contribution in [0.5, 0.6) is 0 Å². The number of carbonyl (C=O) groups excluding carboxylic acids is 2. The second kappa shape index (κ2) is 7.55. The van der Waals surface area contributed by atoms with Gasteiger partial charge in [-0.25, -0.2) is 4.98 Å². The van der Waals surface area contributed by atoms with E-state index in [4.69, 9.17) is 4.98 Å². The molecule has 0 bridgehead atoms. The van der Waals surface area contributed by atoms with E-state index < -0.39 is 0 Å². The number of aromatic nitrogens is 1. The molecule has 3 aromatic rings. The van der Waals surface area contributed by atoms with Crippen molar-refractivity contribution in [2.75, 3.05) is 19.6 Å². The molecule has 2 aromatic heterocycles. The average molecular weight is 386 g/mol. The number of carbonyl (C=O) groups is 2. The number of amides is 2. The Morgan fingerprint density at radius 2 is 2.00 bits per heavy atom. The number of hydrogen-bond acceptors (Lipinski definition) is 5. The van der Waals surface area contributed by atoms with Crippen molar-refractivity contribution in [1.29, 1.82) is 0 Å². The van der Waals surface area contributed by atoms with Crippen LogP contribution in [0.25, 0.3) is 10.2 Å². The molecule has 5 nitrogen and oxygen atoms in total. The number of likely N-dealkylation sites (tertiary alicyclic amines) is 1. The number of fused-ring (bicyclic) bond motifs is 1. The number of thiazole rings is 1. The zero-order chi connectivity index (χ0) is 17.9. The van der Waals surface area contributed by atoms with Crippen molar-refractivity contribution in [2.24, 2.45) is 0 Å². The van der Waals surface area contributed by atoms with Crippen LogP contribution in [0.15, 0.2) is 41.1 Å². The Hall–Kier alpha value is -2.25. The van der Waals surface area contributed by atoms with Crippen LogP contribution < -0.4 is 5.32 Å². The summed E-state index contributed by atoms with van der Waals surface area (Å²) < 4.78 is 1.22. The minimum absolute atomic E-state index is 0.0173. The van der Waals surface area contributed by atoms with Gasteiger partial charge in [0.1, 0.15) is 0 Å². The van der Waals surface area contributed by atoms with E-state index in [2.05, 4.69) is 11.4 Å². The monoisotopic (exact) mass is 385 g/mol. The quantitative estimate of drug-likeness (QED) is 0.748. The molecule has 2 amide bonds. The van der Waals surface area contributed by atoms with Gasteiger partial charge in [-0.15, -0.1) is 11.3 Å². The lowest BCUT2D eigenvalue weighted by Crippen LogP contribution is -2.43. The van der Waals surface area contributed by atoms with Gasteiger partial charge in [-0.1, -0.05) is 12.1 Å². The Labute approximate surface area is 159 Å². The van der Waals surface area contributed by atoms with Gasteiger partial charge in [0.15, 0.2) is 0 Å². The Morgan fingerprint density at radius 3 is 2.73 bits per heavy atom. The van der Waals surface area contributed by atoms with Crippen LogP contribution in [-0.2, 0) is 4.79 Å². The van der Waals surface area contributed by atoms with Gasteiger partial charge < -0.3 is 10.2 Å². The second-order valence-corrected chi connectivity index (χ2v) is 8.21. The minimum atomic E-state index is -0.191. The molecular formula is C19H19N3O2S2. The van der Waals surface area contributed by atoms with Gasteiger partial charge >= 0.3 is 0 Å². The number of benzene rings is 1. The highest BCUT2D eigenvalue weighted by molar-refractivity contribution is 7.18. The van der Waals surface area contributed by atoms with E-state index >= 15 is 0 Å². The summed E-state index contributed by atoms with van der Waals surface area (Å²) >= 11 is 3.22. The lowest BCUT2D eigenvalue weighted by molar-refractivity contribution is -0.131. The van der Waals surface area contributed by atoms with Gasteiger partial charge in [0.2, 0.25) is 5.91 Å². The number of rotatable bonds is 4. The van der Waals surface area contributed by atoms with Gasteiger partial charge in [0, 0.05) is 30.0 Å². The molecular weight excluding hydrogens is 366 g/mol. The van der Waals surface area contributed by atoms with Crippen molar-refractivity contribution in [3.8, 4) is 0 Å². The summed E-state index contributed by atoms with van der Waals surface area (Å²) in [7, 11) is 0. The van der Waals surface area contributed by atoms with Crippen LogP contribution in [0.4, 0.5) is 0 Å². The molecule has 26 heavy (non-hydrogen) atoms. The first-order valence-corrected chi connectivity index (χ1v) is 10.4. The van der Waals surface area contributed by atoms with E-state index in [0.717, 1.165) is 18.4 Å². The molecule has 7 heteroatoms. The highest BCUT2D eigenvalue weighted by atomic mass is 32.1. The summed E-state index contributed by atoms with van der Waals surface area (Å²) in [6.07, 6.45) is 1.84. The van der Waals surface area contributed by atoms with Crippen LogP contribution in [0.2, 0.25) is 0 Å². The Morgan fingerprint density at radius 1 is 1.19 bits per heavy atom. The van der Waals surface area contributed by atoms with E-state index in [9.17, 15) is 9.59 Å². The van der Waals surface area contributed by atoms with Crippen molar-refractivity contribution in [3.63, 3.8) is 0 Å². The molecule has 1 saturated heterocycles. The summed E-state index contributed by atoms with van der Waals surface area (Å²) in [5, 5.41) is 7.51. The van der Waals surface area contributed by atoms with Crippen LogP contribution in [0, 0.1) is 0 Å². The lowest BCUT2D eigenvalue weighted by Gasteiger charge is -2.31. The van der Waals surface area contributed by atoms with Crippen molar-refractivity contribution >= 4 is 44.7 Å². The van der Waals surface area contributed by atoms with E-state index in [1.54, 1.807) is 22.8 Å². The number of para-hydroxylation sites is 1. The normalized spacial score (nSPS) is 15.3. The number of piperidine rings is 1. The lowest BCUT2D eigenvalue weighted by atomic mass is 9.97. The summed E-state index contributed by atoms with van der Waals surface area (Å²) in [5.41, 5.74) is 1.67. The first-order chi connectivity index (χ1) is 12.7. The third kappa shape index (κ3) is 3.64. The molecule has 1 aliphatic rings. The Bertz CT molecular complexity index is 879.